The lowest BCUT2D eigenvalue weighted by atomic mass is 9.70. The maximum atomic E-state index is 11.7. The minimum Gasteiger partial charge on any atom is -0.467 e. The maximum absolute atomic E-state index is 11.7. The van der Waals surface area contributed by atoms with E-state index in [1.165, 1.54) is 6.92 Å². The lowest BCUT2D eigenvalue weighted by Gasteiger charge is -2.45. The van der Waals surface area contributed by atoms with Crippen molar-refractivity contribution in [3.8, 4) is 0 Å². The average Bonchev–Trinajstić information content (AvgIpc) is 2.46. The molecule has 0 aromatic carbocycles. The molecular weight excluding hydrogens is 298 g/mol. The van der Waals surface area contributed by atoms with Gasteiger partial charge in [-0.05, 0) is 6.42 Å². The molecule has 1 aliphatic carbocycles. The number of nitrogens with one attached hydrogen (secondary N) is 1. The number of amides is 1. The molecule has 0 aliphatic heterocycles. The molecule has 9 nitrogen and oxygen atoms in total. The zero-order valence-electron chi connectivity index (χ0n) is 12.5. The van der Waals surface area contributed by atoms with E-state index in [2.05, 4.69) is 10.1 Å². The fraction of sp³-hybridized carbons (Fsp3) is 0.846. The molecule has 0 aromatic rings. The van der Waals surface area contributed by atoms with E-state index < -0.39 is 54.4 Å². The number of rotatable bonds is 5. The van der Waals surface area contributed by atoms with Crippen molar-refractivity contribution in [1.82, 2.24) is 5.32 Å². The van der Waals surface area contributed by atoms with Crippen molar-refractivity contribution in [3.05, 3.63) is 0 Å². The minimum atomic E-state index is -2.05. The summed E-state index contributed by atoms with van der Waals surface area (Å²) in [6.45, 7) is 0.455. The Hall–Kier alpha value is -1.26. The highest BCUT2D eigenvalue weighted by atomic mass is 16.5. The Kier molecular flexibility index (Phi) is 6.27. The van der Waals surface area contributed by atoms with E-state index in [9.17, 15) is 30.0 Å². The number of aliphatic hydroxyl groups excluding tert-OH is 4. The first-order chi connectivity index (χ1) is 10.2. The van der Waals surface area contributed by atoms with Crippen LogP contribution in [0.4, 0.5) is 0 Å². The molecule has 1 amide bonds. The second kappa shape index (κ2) is 7.34. The highest BCUT2D eigenvalue weighted by Gasteiger charge is 2.52. The molecule has 9 heteroatoms. The zero-order valence-corrected chi connectivity index (χ0v) is 12.5. The fourth-order valence-electron chi connectivity index (χ4n) is 2.88. The van der Waals surface area contributed by atoms with Gasteiger partial charge in [0.2, 0.25) is 5.91 Å². The quantitative estimate of drug-likeness (QED) is 0.290. The minimum absolute atomic E-state index is 0.347. The van der Waals surface area contributed by atoms with Crippen LogP contribution in [0.15, 0.2) is 0 Å². The van der Waals surface area contributed by atoms with Crippen molar-refractivity contribution < 1.29 is 39.9 Å². The summed E-state index contributed by atoms with van der Waals surface area (Å²) in [7, 11) is 1.07. The molecule has 1 fully saturated rings. The van der Waals surface area contributed by atoms with Crippen LogP contribution in [-0.4, -0.2) is 81.1 Å². The van der Waals surface area contributed by atoms with Gasteiger partial charge in [0.05, 0.1) is 32.0 Å². The number of methoxy groups -OCH3 is 1. The van der Waals surface area contributed by atoms with Gasteiger partial charge in [-0.15, -0.1) is 0 Å². The van der Waals surface area contributed by atoms with Gasteiger partial charge >= 0.3 is 5.97 Å². The van der Waals surface area contributed by atoms with Crippen molar-refractivity contribution in [2.24, 2.45) is 5.92 Å². The van der Waals surface area contributed by atoms with E-state index in [-0.39, 0.29) is 12.8 Å². The summed E-state index contributed by atoms with van der Waals surface area (Å²) in [4.78, 5) is 23.0. The Bertz CT molecular complexity index is 417. The molecule has 1 unspecified atom stereocenters. The Morgan fingerprint density at radius 3 is 2.41 bits per heavy atom. The number of esters is 1. The van der Waals surface area contributed by atoms with E-state index in [0.717, 1.165) is 7.11 Å². The lowest BCUT2D eigenvalue weighted by molar-refractivity contribution is -0.181. The number of hydrogen-bond acceptors (Lipinski definition) is 8. The molecule has 6 atom stereocenters. The second-order valence-corrected chi connectivity index (χ2v) is 5.63. The van der Waals surface area contributed by atoms with Gasteiger partial charge in [-0.1, -0.05) is 0 Å². The SMILES string of the molecule is COC(=O)[C@@]1(O)CC([C@H](O)[C@H](O)CO)[C@H](NC(C)=O)[C@@H](O)C1. The molecule has 0 heterocycles. The summed E-state index contributed by atoms with van der Waals surface area (Å²) in [5.41, 5.74) is -2.05. The molecule has 0 aromatic heterocycles. The summed E-state index contributed by atoms with van der Waals surface area (Å²) in [5.74, 6) is -2.52. The van der Waals surface area contributed by atoms with Crippen LogP contribution in [0.25, 0.3) is 0 Å². The third-order valence-electron chi connectivity index (χ3n) is 3.95. The highest BCUT2D eigenvalue weighted by Crippen LogP contribution is 2.36. The fourth-order valence-corrected chi connectivity index (χ4v) is 2.88. The predicted molar refractivity (Wildman–Crippen MR) is 72.4 cm³/mol. The topological polar surface area (TPSA) is 157 Å². The molecule has 0 radical (unpaired) electrons. The molecule has 1 aliphatic rings. The van der Waals surface area contributed by atoms with Gasteiger partial charge in [0.1, 0.15) is 6.10 Å². The van der Waals surface area contributed by atoms with Gasteiger partial charge in [-0.25, -0.2) is 4.79 Å². The molecule has 0 saturated heterocycles. The summed E-state index contributed by atoms with van der Waals surface area (Å²) < 4.78 is 4.49. The third-order valence-corrected chi connectivity index (χ3v) is 3.95. The van der Waals surface area contributed by atoms with E-state index in [0.29, 0.717) is 0 Å². The van der Waals surface area contributed by atoms with Crippen LogP contribution in [0, 0.1) is 5.92 Å². The first kappa shape index (κ1) is 18.8. The first-order valence-corrected chi connectivity index (χ1v) is 6.89. The van der Waals surface area contributed by atoms with Crippen LogP contribution in [-0.2, 0) is 14.3 Å². The van der Waals surface area contributed by atoms with Crippen LogP contribution in [0.3, 0.4) is 0 Å². The summed E-state index contributed by atoms with van der Waals surface area (Å²) in [6.07, 6.45) is -5.18. The lowest BCUT2D eigenvalue weighted by Crippen LogP contribution is -2.63. The molecule has 1 rings (SSSR count). The van der Waals surface area contributed by atoms with Crippen LogP contribution < -0.4 is 5.32 Å². The van der Waals surface area contributed by atoms with Crippen molar-refractivity contribution in [2.75, 3.05) is 13.7 Å². The van der Waals surface area contributed by atoms with Gasteiger partial charge in [0.15, 0.2) is 5.60 Å². The normalized spacial score (nSPS) is 34.6. The molecule has 0 bridgehead atoms. The number of carbonyl (C=O) groups is 2. The molecule has 128 valence electrons. The summed E-state index contributed by atoms with van der Waals surface area (Å²) in [6, 6.07) is -0.987. The van der Waals surface area contributed by atoms with E-state index in [1.807, 2.05) is 0 Å². The van der Waals surface area contributed by atoms with Crippen molar-refractivity contribution in [3.63, 3.8) is 0 Å². The van der Waals surface area contributed by atoms with E-state index >= 15 is 0 Å². The van der Waals surface area contributed by atoms with E-state index in [1.54, 1.807) is 0 Å². The van der Waals surface area contributed by atoms with Crippen LogP contribution in [0.5, 0.6) is 0 Å². The van der Waals surface area contributed by atoms with Gasteiger partial charge in [0, 0.05) is 19.3 Å². The van der Waals surface area contributed by atoms with Crippen LogP contribution in [0.2, 0.25) is 0 Å². The third kappa shape index (κ3) is 3.93. The number of carbonyl (C=O) groups excluding carboxylic acids is 2. The summed E-state index contributed by atoms with van der Waals surface area (Å²) >= 11 is 0. The van der Waals surface area contributed by atoms with Gasteiger partial charge in [0.25, 0.3) is 0 Å². The molecule has 1 saturated carbocycles. The molecule has 22 heavy (non-hydrogen) atoms. The van der Waals surface area contributed by atoms with Crippen molar-refractivity contribution >= 4 is 11.9 Å². The Balaban J connectivity index is 3.09. The van der Waals surface area contributed by atoms with Crippen molar-refractivity contribution in [1.29, 1.82) is 0 Å². The maximum Gasteiger partial charge on any atom is 0.337 e. The monoisotopic (exact) mass is 321 g/mol. The van der Waals surface area contributed by atoms with Crippen LogP contribution in [0.1, 0.15) is 19.8 Å². The zero-order chi connectivity index (χ0) is 17.1. The Morgan fingerprint density at radius 2 is 1.95 bits per heavy atom. The largest absolute Gasteiger partial charge is 0.467 e. The second-order valence-electron chi connectivity index (χ2n) is 5.63. The highest BCUT2D eigenvalue weighted by molar-refractivity contribution is 5.79. The van der Waals surface area contributed by atoms with Gasteiger partial charge in [-0.3, -0.25) is 4.79 Å². The number of aliphatic hydroxyl groups is 5. The predicted octanol–water partition coefficient (Wildman–Crippen LogP) is -3.12. The van der Waals surface area contributed by atoms with Crippen LogP contribution >= 0.6 is 0 Å². The summed E-state index contributed by atoms with van der Waals surface area (Å²) in [5, 5.41) is 51.5. The first-order valence-electron chi connectivity index (χ1n) is 6.89. The Morgan fingerprint density at radius 1 is 1.36 bits per heavy atom. The van der Waals surface area contributed by atoms with Gasteiger partial charge < -0.3 is 35.6 Å². The smallest absolute Gasteiger partial charge is 0.337 e. The molecule has 0 spiro atoms. The number of ether oxygens (including phenoxy) is 1. The Labute approximate surface area is 127 Å². The van der Waals surface area contributed by atoms with Crippen molar-refractivity contribution in [2.45, 2.75) is 49.7 Å². The van der Waals surface area contributed by atoms with Gasteiger partial charge in [-0.2, -0.15) is 0 Å². The molecular formula is C13H23NO8. The number of hydrogen-bond donors (Lipinski definition) is 6. The standard InChI is InChI=1S/C13H23NO8/c1-6(16)14-10-7(11(19)9(18)5-15)3-13(21,4-8(10)17)12(20)22-2/h7-11,15,17-19,21H,3-5H2,1-2H3,(H,14,16)/t7?,8-,9+,10-,11-,13+/m0/s1. The van der Waals surface area contributed by atoms with E-state index in [4.69, 9.17) is 5.11 Å². The molecule has 6 N–H and O–H groups in total. The average molecular weight is 321 g/mol.